The molecule has 0 saturated carbocycles. The molecule has 1 unspecified atom stereocenters. The monoisotopic (exact) mass is 133 g/mol. The zero-order valence-corrected chi connectivity index (χ0v) is 6.09. The Hall–Kier alpha value is -0.120. The minimum atomic E-state index is 0.0601. The first-order valence-corrected chi connectivity index (χ1v) is 3.15. The van der Waals surface area contributed by atoms with Gasteiger partial charge < -0.3 is 15.2 Å². The van der Waals surface area contributed by atoms with Crippen molar-refractivity contribution >= 4 is 0 Å². The molecule has 0 radical (unpaired) electrons. The first kappa shape index (κ1) is 8.88. The average molecular weight is 133 g/mol. The summed E-state index contributed by atoms with van der Waals surface area (Å²) in [6.07, 6.45) is 0.0601. The van der Waals surface area contributed by atoms with E-state index in [1.165, 1.54) is 0 Å². The summed E-state index contributed by atoms with van der Waals surface area (Å²) < 4.78 is 10.0. The van der Waals surface area contributed by atoms with Gasteiger partial charge in [0.2, 0.25) is 0 Å². The zero-order valence-electron chi connectivity index (χ0n) is 6.09. The normalized spacial score (nSPS) is 13.7. The van der Waals surface area contributed by atoms with E-state index in [0.717, 1.165) is 6.61 Å². The van der Waals surface area contributed by atoms with E-state index in [4.69, 9.17) is 15.2 Å². The van der Waals surface area contributed by atoms with Crippen LogP contribution in [0.4, 0.5) is 0 Å². The number of hydrogen-bond donors (Lipinski definition) is 1. The van der Waals surface area contributed by atoms with E-state index in [1.807, 2.05) is 6.92 Å². The molecule has 1 atom stereocenters. The molecule has 0 aromatic carbocycles. The molecule has 0 amide bonds. The molecule has 0 rings (SSSR count). The van der Waals surface area contributed by atoms with Crippen LogP contribution in [0.15, 0.2) is 0 Å². The largest absolute Gasteiger partial charge is 0.379 e. The maximum atomic E-state index is 5.32. The van der Waals surface area contributed by atoms with Gasteiger partial charge in [0, 0.05) is 20.3 Å². The summed E-state index contributed by atoms with van der Waals surface area (Å²) in [6, 6.07) is 0. The Bertz CT molecular complexity index is 55.0. The molecule has 0 aliphatic heterocycles. The molecule has 0 aliphatic carbocycles. The third-order valence-electron chi connectivity index (χ3n) is 1.10. The van der Waals surface area contributed by atoms with Crippen molar-refractivity contribution in [2.24, 2.45) is 5.73 Å². The minimum Gasteiger partial charge on any atom is -0.379 e. The Kier molecular flexibility index (Phi) is 5.93. The highest BCUT2D eigenvalue weighted by molar-refractivity contribution is 4.54. The maximum absolute atomic E-state index is 5.32. The van der Waals surface area contributed by atoms with Crippen LogP contribution in [-0.2, 0) is 9.47 Å². The number of nitrogens with two attached hydrogens (primary N) is 1. The highest BCUT2D eigenvalue weighted by Gasteiger charge is 2.01. The van der Waals surface area contributed by atoms with Crippen LogP contribution in [0, 0.1) is 0 Å². The van der Waals surface area contributed by atoms with Crippen molar-refractivity contribution in [3.05, 3.63) is 0 Å². The van der Waals surface area contributed by atoms with Gasteiger partial charge in [0.25, 0.3) is 0 Å². The Morgan fingerprint density at radius 2 is 2.22 bits per heavy atom. The summed E-state index contributed by atoms with van der Waals surface area (Å²) in [6.45, 7) is 3.79. The van der Waals surface area contributed by atoms with Crippen LogP contribution in [0.2, 0.25) is 0 Å². The summed E-state index contributed by atoms with van der Waals surface area (Å²) in [5.74, 6) is 0. The predicted octanol–water partition coefficient (Wildman–Crippen LogP) is -0.00340. The van der Waals surface area contributed by atoms with E-state index in [2.05, 4.69) is 0 Å². The van der Waals surface area contributed by atoms with Crippen molar-refractivity contribution in [1.29, 1.82) is 0 Å². The number of ether oxygens (including phenoxy) is 2. The molecule has 0 saturated heterocycles. The van der Waals surface area contributed by atoms with Gasteiger partial charge in [0.05, 0.1) is 12.7 Å². The highest BCUT2D eigenvalue weighted by atomic mass is 16.5. The number of hydrogen-bond acceptors (Lipinski definition) is 3. The van der Waals surface area contributed by atoms with Crippen molar-refractivity contribution in [3.8, 4) is 0 Å². The SMILES string of the molecule is CCOCC(CN)OC. The Labute approximate surface area is 56.1 Å². The molecule has 56 valence electrons. The lowest BCUT2D eigenvalue weighted by Crippen LogP contribution is -2.27. The van der Waals surface area contributed by atoms with Crippen LogP contribution < -0.4 is 5.73 Å². The lowest BCUT2D eigenvalue weighted by atomic mass is 10.4. The minimum absolute atomic E-state index is 0.0601. The predicted molar refractivity (Wildman–Crippen MR) is 36.3 cm³/mol. The summed E-state index contributed by atoms with van der Waals surface area (Å²) in [5, 5.41) is 0. The van der Waals surface area contributed by atoms with Crippen molar-refractivity contribution in [2.45, 2.75) is 13.0 Å². The van der Waals surface area contributed by atoms with E-state index in [-0.39, 0.29) is 6.10 Å². The molecular formula is C6H15NO2. The van der Waals surface area contributed by atoms with Crippen molar-refractivity contribution in [1.82, 2.24) is 0 Å². The van der Waals surface area contributed by atoms with E-state index in [9.17, 15) is 0 Å². The fourth-order valence-corrected chi connectivity index (χ4v) is 0.482. The van der Waals surface area contributed by atoms with Gasteiger partial charge in [-0.3, -0.25) is 0 Å². The van der Waals surface area contributed by atoms with E-state index in [0.29, 0.717) is 13.2 Å². The molecule has 0 aliphatic rings. The van der Waals surface area contributed by atoms with Crippen molar-refractivity contribution in [2.75, 3.05) is 26.9 Å². The van der Waals surface area contributed by atoms with Gasteiger partial charge in [-0.2, -0.15) is 0 Å². The molecule has 9 heavy (non-hydrogen) atoms. The summed E-state index contributed by atoms with van der Waals surface area (Å²) in [5.41, 5.74) is 5.32. The molecular weight excluding hydrogens is 118 g/mol. The summed E-state index contributed by atoms with van der Waals surface area (Å²) in [7, 11) is 1.64. The molecule has 0 bridgehead atoms. The Morgan fingerprint density at radius 1 is 1.56 bits per heavy atom. The fourth-order valence-electron chi connectivity index (χ4n) is 0.482. The smallest absolute Gasteiger partial charge is 0.0926 e. The Morgan fingerprint density at radius 3 is 2.56 bits per heavy atom. The molecule has 0 aromatic heterocycles. The molecule has 0 aromatic rings. The van der Waals surface area contributed by atoms with E-state index < -0.39 is 0 Å². The first-order valence-electron chi connectivity index (χ1n) is 3.15. The van der Waals surface area contributed by atoms with Crippen LogP contribution >= 0.6 is 0 Å². The lowest BCUT2D eigenvalue weighted by molar-refractivity contribution is 0.0179. The second-order valence-corrected chi connectivity index (χ2v) is 1.75. The Balaban J connectivity index is 3.09. The third kappa shape index (κ3) is 4.39. The molecule has 0 heterocycles. The number of methoxy groups -OCH3 is 1. The van der Waals surface area contributed by atoms with Crippen LogP contribution in [0.1, 0.15) is 6.92 Å². The number of rotatable bonds is 5. The van der Waals surface area contributed by atoms with E-state index >= 15 is 0 Å². The van der Waals surface area contributed by atoms with Gasteiger partial charge in [-0.1, -0.05) is 0 Å². The highest BCUT2D eigenvalue weighted by Crippen LogP contribution is 1.86. The van der Waals surface area contributed by atoms with E-state index in [1.54, 1.807) is 7.11 Å². The molecule has 3 heteroatoms. The topological polar surface area (TPSA) is 44.5 Å². The van der Waals surface area contributed by atoms with Gasteiger partial charge in [-0.15, -0.1) is 0 Å². The summed E-state index contributed by atoms with van der Waals surface area (Å²) >= 11 is 0. The van der Waals surface area contributed by atoms with Crippen LogP contribution in [0.25, 0.3) is 0 Å². The van der Waals surface area contributed by atoms with Gasteiger partial charge in [-0.25, -0.2) is 0 Å². The zero-order chi connectivity index (χ0) is 7.11. The lowest BCUT2D eigenvalue weighted by Gasteiger charge is -2.11. The van der Waals surface area contributed by atoms with Crippen LogP contribution in [0.5, 0.6) is 0 Å². The molecule has 0 spiro atoms. The quantitative estimate of drug-likeness (QED) is 0.574. The first-order chi connectivity index (χ1) is 4.35. The molecule has 2 N–H and O–H groups in total. The second-order valence-electron chi connectivity index (χ2n) is 1.75. The van der Waals surface area contributed by atoms with Crippen molar-refractivity contribution < 1.29 is 9.47 Å². The van der Waals surface area contributed by atoms with Gasteiger partial charge in [-0.05, 0) is 6.92 Å². The fraction of sp³-hybridized carbons (Fsp3) is 1.00. The van der Waals surface area contributed by atoms with Crippen LogP contribution in [0.3, 0.4) is 0 Å². The van der Waals surface area contributed by atoms with Crippen molar-refractivity contribution in [3.63, 3.8) is 0 Å². The van der Waals surface area contributed by atoms with Gasteiger partial charge in [0.15, 0.2) is 0 Å². The standard InChI is InChI=1S/C6H15NO2/c1-3-9-5-6(4-7)8-2/h6H,3-5,7H2,1-2H3. The molecule has 3 nitrogen and oxygen atoms in total. The maximum Gasteiger partial charge on any atom is 0.0926 e. The average Bonchev–Trinajstić information content (AvgIpc) is 1.91. The van der Waals surface area contributed by atoms with Gasteiger partial charge in [0.1, 0.15) is 0 Å². The molecule has 0 fully saturated rings. The van der Waals surface area contributed by atoms with Gasteiger partial charge >= 0.3 is 0 Å². The summed E-state index contributed by atoms with van der Waals surface area (Å²) in [4.78, 5) is 0. The second kappa shape index (κ2) is 6.01. The van der Waals surface area contributed by atoms with Crippen LogP contribution in [-0.4, -0.2) is 33.0 Å². The third-order valence-corrected chi connectivity index (χ3v) is 1.10.